The number of hydrogen-bond acceptors (Lipinski definition) is 6. The van der Waals surface area contributed by atoms with Gasteiger partial charge in [0.15, 0.2) is 11.5 Å². The molecule has 1 heterocycles. The zero-order valence-electron chi connectivity index (χ0n) is 14.1. The summed E-state index contributed by atoms with van der Waals surface area (Å²) in [5.74, 6) is 0.613. The van der Waals surface area contributed by atoms with E-state index in [1.807, 2.05) is 6.92 Å². The van der Waals surface area contributed by atoms with Crippen molar-refractivity contribution in [3.63, 3.8) is 0 Å². The average molecular weight is 419 g/mol. The van der Waals surface area contributed by atoms with Crippen LogP contribution in [0.3, 0.4) is 0 Å². The van der Waals surface area contributed by atoms with Crippen LogP contribution in [-0.4, -0.2) is 19.7 Å². The first-order chi connectivity index (χ1) is 12.5. The summed E-state index contributed by atoms with van der Waals surface area (Å²) in [6.45, 7) is 2.31. The van der Waals surface area contributed by atoms with Gasteiger partial charge in [0.25, 0.3) is 0 Å². The molecule has 0 amide bonds. The summed E-state index contributed by atoms with van der Waals surface area (Å²) in [4.78, 5) is 23.8. The Morgan fingerprint density at radius 1 is 1.15 bits per heavy atom. The summed E-state index contributed by atoms with van der Waals surface area (Å²) < 4.78 is 21.8. The highest BCUT2D eigenvalue weighted by atomic mass is 79.9. The molecule has 0 aliphatic rings. The lowest BCUT2D eigenvalue weighted by Gasteiger charge is -2.13. The van der Waals surface area contributed by atoms with E-state index in [-0.39, 0.29) is 11.3 Å². The molecule has 6 nitrogen and oxygen atoms in total. The highest BCUT2D eigenvalue weighted by Crippen LogP contribution is 2.37. The topological polar surface area (TPSA) is 75.0 Å². The van der Waals surface area contributed by atoms with Gasteiger partial charge in [0.05, 0.1) is 23.8 Å². The molecule has 0 radical (unpaired) electrons. The molecule has 1 aromatic heterocycles. The van der Waals surface area contributed by atoms with Crippen LogP contribution in [0.15, 0.2) is 56.1 Å². The molecule has 3 rings (SSSR count). The second-order valence-corrected chi connectivity index (χ2v) is 6.12. The SMILES string of the molecule is CCOc1c(Br)cc(C(=O)Oc2ccc3ccc(=O)oc3c2)cc1OC. The van der Waals surface area contributed by atoms with E-state index in [0.717, 1.165) is 5.39 Å². The van der Waals surface area contributed by atoms with Gasteiger partial charge in [-0.1, -0.05) is 0 Å². The van der Waals surface area contributed by atoms with Crippen LogP contribution in [-0.2, 0) is 0 Å². The van der Waals surface area contributed by atoms with Gasteiger partial charge in [-0.25, -0.2) is 9.59 Å². The molecular weight excluding hydrogens is 404 g/mol. The van der Waals surface area contributed by atoms with Crippen LogP contribution in [0.25, 0.3) is 11.0 Å². The highest BCUT2D eigenvalue weighted by Gasteiger charge is 2.17. The van der Waals surface area contributed by atoms with Gasteiger partial charge in [0.2, 0.25) is 0 Å². The number of fused-ring (bicyclic) bond motifs is 1. The maximum absolute atomic E-state index is 12.5. The fraction of sp³-hybridized carbons (Fsp3) is 0.158. The van der Waals surface area contributed by atoms with Crippen molar-refractivity contribution in [2.24, 2.45) is 0 Å². The monoisotopic (exact) mass is 418 g/mol. The molecule has 0 fully saturated rings. The molecule has 0 aliphatic heterocycles. The Bertz CT molecular complexity index is 1020. The minimum Gasteiger partial charge on any atom is -0.493 e. The number of hydrogen-bond donors (Lipinski definition) is 0. The average Bonchev–Trinajstić information content (AvgIpc) is 2.62. The lowest BCUT2D eigenvalue weighted by molar-refractivity contribution is 0.0734. The van der Waals surface area contributed by atoms with Crippen LogP contribution in [0, 0.1) is 0 Å². The molecule has 3 aromatic rings. The van der Waals surface area contributed by atoms with E-state index < -0.39 is 11.6 Å². The summed E-state index contributed by atoms with van der Waals surface area (Å²) in [6.07, 6.45) is 0. The maximum Gasteiger partial charge on any atom is 0.343 e. The molecule has 7 heteroatoms. The van der Waals surface area contributed by atoms with Gasteiger partial charge in [-0.05, 0) is 53.2 Å². The highest BCUT2D eigenvalue weighted by molar-refractivity contribution is 9.10. The van der Waals surface area contributed by atoms with E-state index in [9.17, 15) is 9.59 Å². The zero-order chi connectivity index (χ0) is 18.7. The van der Waals surface area contributed by atoms with Gasteiger partial charge in [0.1, 0.15) is 11.3 Å². The minimum absolute atomic E-state index is 0.265. The quantitative estimate of drug-likeness (QED) is 0.351. The fourth-order valence-electron chi connectivity index (χ4n) is 2.39. The third-order valence-corrected chi connectivity index (χ3v) is 4.15. The molecule has 0 atom stereocenters. The molecular formula is C19H15BrO6. The third-order valence-electron chi connectivity index (χ3n) is 3.56. The van der Waals surface area contributed by atoms with Crippen molar-refractivity contribution >= 4 is 32.9 Å². The van der Waals surface area contributed by atoms with Crippen molar-refractivity contribution < 1.29 is 23.4 Å². The largest absolute Gasteiger partial charge is 0.493 e. The molecule has 0 bridgehead atoms. The number of esters is 1. The van der Waals surface area contributed by atoms with E-state index in [2.05, 4.69) is 15.9 Å². The molecule has 0 unspecified atom stereocenters. The van der Waals surface area contributed by atoms with E-state index in [4.69, 9.17) is 18.6 Å². The predicted octanol–water partition coefficient (Wildman–Crippen LogP) is 4.18. The van der Waals surface area contributed by atoms with Crippen molar-refractivity contribution in [2.75, 3.05) is 13.7 Å². The van der Waals surface area contributed by atoms with Crippen LogP contribution in [0.2, 0.25) is 0 Å². The van der Waals surface area contributed by atoms with Crippen LogP contribution in [0.4, 0.5) is 0 Å². The second kappa shape index (κ2) is 7.61. The Kier molecular flexibility index (Phi) is 5.27. The molecule has 0 saturated carbocycles. The molecule has 26 heavy (non-hydrogen) atoms. The van der Waals surface area contributed by atoms with E-state index in [1.165, 1.54) is 19.2 Å². The Labute approximate surface area is 157 Å². The van der Waals surface area contributed by atoms with Crippen molar-refractivity contribution in [1.82, 2.24) is 0 Å². The Morgan fingerprint density at radius 3 is 2.65 bits per heavy atom. The number of benzene rings is 2. The van der Waals surface area contributed by atoms with Crippen LogP contribution in [0.5, 0.6) is 17.2 Å². The lowest BCUT2D eigenvalue weighted by Crippen LogP contribution is -2.09. The third kappa shape index (κ3) is 3.72. The summed E-state index contributed by atoms with van der Waals surface area (Å²) in [5.41, 5.74) is 0.154. The van der Waals surface area contributed by atoms with Crippen molar-refractivity contribution in [3.05, 3.63) is 62.9 Å². The minimum atomic E-state index is -0.579. The van der Waals surface area contributed by atoms with Gasteiger partial charge < -0.3 is 18.6 Å². The molecule has 0 saturated heterocycles. The Balaban J connectivity index is 1.90. The smallest absolute Gasteiger partial charge is 0.343 e. The number of methoxy groups -OCH3 is 1. The Morgan fingerprint density at radius 2 is 1.92 bits per heavy atom. The summed E-state index contributed by atoms with van der Waals surface area (Å²) in [5, 5.41) is 0.731. The first kappa shape index (κ1) is 18.0. The maximum atomic E-state index is 12.5. The van der Waals surface area contributed by atoms with Crippen molar-refractivity contribution in [3.8, 4) is 17.2 Å². The van der Waals surface area contributed by atoms with E-state index in [1.54, 1.807) is 30.3 Å². The van der Waals surface area contributed by atoms with Gasteiger partial charge in [-0.15, -0.1) is 0 Å². The molecule has 0 aliphatic carbocycles. The molecule has 0 N–H and O–H groups in total. The van der Waals surface area contributed by atoms with Crippen molar-refractivity contribution in [2.45, 2.75) is 6.92 Å². The van der Waals surface area contributed by atoms with Gasteiger partial charge in [-0.3, -0.25) is 0 Å². The summed E-state index contributed by atoms with van der Waals surface area (Å²) in [7, 11) is 1.49. The normalized spacial score (nSPS) is 10.6. The molecule has 134 valence electrons. The standard InChI is InChI=1S/C19H15BrO6/c1-3-24-18-14(20)8-12(9-16(18)23-2)19(22)25-13-6-4-11-5-7-17(21)26-15(11)10-13/h4-10H,3H2,1-2H3. The summed E-state index contributed by atoms with van der Waals surface area (Å²) in [6, 6.07) is 10.9. The van der Waals surface area contributed by atoms with Crippen LogP contribution in [0.1, 0.15) is 17.3 Å². The number of halogens is 1. The number of carbonyl (C=O) groups is 1. The molecule has 0 spiro atoms. The second-order valence-electron chi connectivity index (χ2n) is 5.27. The van der Waals surface area contributed by atoms with Crippen molar-refractivity contribution in [1.29, 1.82) is 0 Å². The first-order valence-corrected chi connectivity index (χ1v) is 8.57. The number of ether oxygens (including phenoxy) is 3. The zero-order valence-corrected chi connectivity index (χ0v) is 15.7. The van der Waals surface area contributed by atoms with Gasteiger partial charge in [0, 0.05) is 17.5 Å². The summed E-state index contributed by atoms with van der Waals surface area (Å²) >= 11 is 3.37. The fourth-order valence-corrected chi connectivity index (χ4v) is 2.95. The van der Waals surface area contributed by atoms with Crippen LogP contribution < -0.4 is 19.8 Å². The number of rotatable bonds is 5. The van der Waals surface area contributed by atoms with E-state index >= 15 is 0 Å². The Hall–Kier alpha value is -2.80. The van der Waals surface area contributed by atoms with E-state index in [0.29, 0.717) is 28.2 Å². The van der Waals surface area contributed by atoms with Crippen LogP contribution >= 0.6 is 15.9 Å². The predicted molar refractivity (Wildman–Crippen MR) is 99.3 cm³/mol. The lowest BCUT2D eigenvalue weighted by atomic mass is 10.2. The van der Waals surface area contributed by atoms with Gasteiger partial charge >= 0.3 is 11.6 Å². The molecule has 2 aromatic carbocycles. The van der Waals surface area contributed by atoms with Gasteiger partial charge in [-0.2, -0.15) is 0 Å². The first-order valence-electron chi connectivity index (χ1n) is 7.78. The number of carbonyl (C=O) groups excluding carboxylic acids is 1.